The molecule has 0 saturated heterocycles. The molecule has 16 heavy (non-hydrogen) atoms. The molecule has 5 nitrogen and oxygen atoms in total. The summed E-state index contributed by atoms with van der Waals surface area (Å²) in [5.74, 6) is 1.95. The molecule has 0 aromatic rings. The molecular weight excluding hydrogens is 202 g/mol. The van der Waals surface area contributed by atoms with E-state index in [0.717, 1.165) is 13.1 Å². The Labute approximate surface area is 97.1 Å². The van der Waals surface area contributed by atoms with Crippen LogP contribution in [0, 0.1) is 23.3 Å². The smallest absolute Gasteiger partial charge is 0.204 e. The Kier molecular flexibility index (Phi) is 5.65. The van der Waals surface area contributed by atoms with Crippen LogP contribution in [0.15, 0.2) is 4.99 Å². The van der Waals surface area contributed by atoms with Crippen molar-refractivity contribution in [3.8, 4) is 6.19 Å². The molecule has 0 heterocycles. The van der Waals surface area contributed by atoms with Gasteiger partial charge in [0.05, 0.1) is 0 Å². The van der Waals surface area contributed by atoms with E-state index in [0.29, 0.717) is 17.8 Å². The van der Waals surface area contributed by atoms with Crippen LogP contribution in [0.25, 0.3) is 0 Å². The highest BCUT2D eigenvalue weighted by Crippen LogP contribution is 2.27. The number of nitrogens with two attached hydrogens (primary N) is 1. The number of nitrogens with one attached hydrogen (secondary N) is 2. The van der Waals surface area contributed by atoms with E-state index >= 15 is 0 Å². The predicted molar refractivity (Wildman–Crippen MR) is 64.6 cm³/mol. The van der Waals surface area contributed by atoms with Gasteiger partial charge in [-0.2, -0.15) is 5.26 Å². The molecule has 1 aliphatic rings. The van der Waals surface area contributed by atoms with E-state index in [1.54, 1.807) is 7.05 Å². The van der Waals surface area contributed by atoms with Gasteiger partial charge in [0, 0.05) is 13.6 Å². The SMILES string of the molecule is CN=C(NC#N)NCC1CCC(CN)CC1. The summed E-state index contributed by atoms with van der Waals surface area (Å²) in [6.45, 7) is 1.70. The lowest BCUT2D eigenvalue weighted by Gasteiger charge is -2.27. The maximum absolute atomic E-state index is 8.48. The highest BCUT2D eigenvalue weighted by atomic mass is 15.2. The largest absolute Gasteiger partial charge is 0.355 e. The first kappa shape index (κ1) is 12.8. The third-order valence-electron chi connectivity index (χ3n) is 3.26. The van der Waals surface area contributed by atoms with E-state index in [-0.39, 0.29) is 0 Å². The second kappa shape index (κ2) is 7.07. The Morgan fingerprint density at radius 1 is 1.38 bits per heavy atom. The third kappa shape index (κ3) is 4.07. The van der Waals surface area contributed by atoms with Crippen molar-refractivity contribution in [3.05, 3.63) is 0 Å². The molecule has 0 aromatic heterocycles. The molecular formula is C11H21N5. The zero-order valence-electron chi connectivity index (χ0n) is 9.87. The Bertz CT molecular complexity index is 260. The van der Waals surface area contributed by atoms with E-state index in [4.69, 9.17) is 11.0 Å². The molecule has 0 aromatic carbocycles. The van der Waals surface area contributed by atoms with Crippen LogP contribution < -0.4 is 16.4 Å². The van der Waals surface area contributed by atoms with Gasteiger partial charge < -0.3 is 11.1 Å². The van der Waals surface area contributed by atoms with Gasteiger partial charge in [-0.25, -0.2) is 0 Å². The van der Waals surface area contributed by atoms with Crippen molar-refractivity contribution >= 4 is 5.96 Å². The quantitative estimate of drug-likeness (QED) is 0.280. The van der Waals surface area contributed by atoms with E-state index < -0.39 is 0 Å². The Morgan fingerprint density at radius 2 is 2.00 bits per heavy atom. The van der Waals surface area contributed by atoms with E-state index in [2.05, 4.69) is 15.6 Å². The van der Waals surface area contributed by atoms with Crippen LogP contribution in [-0.4, -0.2) is 26.1 Å². The number of guanidine groups is 1. The summed E-state index contributed by atoms with van der Waals surface area (Å²) in [5, 5.41) is 14.1. The van der Waals surface area contributed by atoms with Gasteiger partial charge in [0.15, 0.2) is 6.19 Å². The number of nitrogens with zero attached hydrogens (tertiary/aromatic N) is 2. The highest BCUT2D eigenvalue weighted by molar-refractivity contribution is 5.80. The molecule has 1 saturated carbocycles. The van der Waals surface area contributed by atoms with Gasteiger partial charge in [-0.15, -0.1) is 0 Å². The Morgan fingerprint density at radius 3 is 2.50 bits per heavy atom. The van der Waals surface area contributed by atoms with Gasteiger partial charge in [0.1, 0.15) is 0 Å². The van der Waals surface area contributed by atoms with Crippen LogP contribution in [0.4, 0.5) is 0 Å². The first-order valence-electron chi connectivity index (χ1n) is 5.86. The topological polar surface area (TPSA) is 86.2 Å². The van der Waals surface area contributed by atoms with Crippen molar-refractivity contribution < 1.29 is 0 Å². The van der Waals surface area contributed by atoms with Crippen molar-refractivity contribution in [1.29, 1.82) is 5.26 Å². The minimum atomic E-state index is 0.559. The van der Waals surface area contributed by atoms with Crippen molar-refractivity contribution in [2.45, 2.75) is 25.7 Å². The van der Waals surface area contributed by atoms with Crippen LogP contribution in [0.1, 0.15) is 25.7 Å². The first-order valence-corrected chi connectivity index (χ1v) is 5.86. The van der Waals surface area contributed by atoms with Crippen LogP contribution >= 0.6 is 0 Å². The minimum Gasteiger partial charge on any atom is -0.355 e. The monoisotopic (exact) mass is 223 g/mol. The maximum atomic E-state index is 8.48. The van der Waals surface area contributed by atoms with Crippen LogP contribution in [0.2, 0.25) is 0 Å². The molecule has 4 N–H and O–H groups in total. The average Bonchev–Trinajstić information content (AvgIpc) is 2.35. The normalized spacial score (nSPS) is 25.9. The van der Waals surface area contributed by atoms with Gasteiger partial charge in [-0.05, 0) is 44.1 Å². The number of aliphatic imine (C=N–C) groups is 1. The van der Waals surface area contributed by atoms with Crippen molar-refractivity contribution in [2.75, 3.05) is 20.1 Å². The fraction of sp³-hybridized carbons (Fsp3) is 0.818. The Hall–Kier alpha value is -1.28. The standard InChI is InChI=1S/C11H21N5/c1-14-11(16-8-13)15-7-10-4-2-9(6-12)3-5-10/h9-10H,2-7,12H2,1H3,(H2,14,15,16). The molecule has 0 amide bonds. The molecule has 0 aliphatic heterocycles. The molecule has 90 valence electrons. The van der Waals surface area contributed by atoms with Crippen LogP contribution in [0.3, 0.4) is 0 Å². The fourth-order valence-electron chi connectivity index (χ4n) is 2.14. The van der Waals surface area contributed by atoms with Crippen molar-refractivity contribution in [1.82, 2.24) is 10.6 Å². The van der Waals surface area contributed by atoms with E-state index in [1.165, 1.54) is 25.7 Å². The summed E-state index contributed by atoms with van der Waals surface area (Å²) in [4.78, 5) is 3.95. The fourth-order valence-corrected chi connectivity index (χ4v) is 2.14. The van der Waals surface area contributed by atoms with Gasteiger partial charge >= 0.3 is 0 Å². The minimum absolute atomic E-state index is 0.559. The molecule has 5 heteroatoms. The second-order valence-electron chi connectivity index (χ2n) is 4.31. The summed E-state index contributed by atoms with van der Waals surface area (Å²) >= 11 is 0. The third-order valence-corrected chi connectivity index (χ3v) is 3.26. The molecule has 0 bridgehead atoms. The van der Waals surface area contributed by atoms with Gasteiger partial charge in [0.25, 0.3) is 0 Å². The Balaban J connectivity index is 2.22. The molecule has 1 fully saturated rings. The maximum Gasteiger partial charge on any atom is 0.204 e. The second-order valence-corrected chi connectivity index (χ2v) is 4.31. The molecule has 0 radical (unpaired) electrons. The average molecular weight is 223 g/mol. The lowest BCUT2D eigenvalue weighted by molar-refractivity contribution is 0.279. The van der Waals surface area contributed by atoms with Crippen molar-refractivity contribution in [3.63, 3.8) is 0 Å². The summed E-state index contributed by atoms with van der Waals surface area (Å²) in [5.41, 5.74) is 5.65. The van der Waals surface area contributed by atoms with Gasteiger partial charge in [-0.1, -0.05) is 0 Å². The molecule has 0 atom stereocenters. The summed E-state index contributed by atoms with van der Waals surface area (Å²) in [7, 11) is 1.66. The van der Waals surface area contributed by atoms with E-state index in [9.17, 15) is 0 Å². The number of rotatable bonds is 3. The summed E-state index contributed by atoms with van der Waals surface area (Å²) in [6, 6.07) is 0. The summed E-state index contributed by atoms with van der Waals surface area (Å²) in [6.07, 6.45) is 6.76. The van der Waals surface area contributed by atoms with Crippen LogP contribution in [-0.2, 0) is 0 Å². The van der Waals surface area contributed by atoms with Crippen molar-refractivity contribution in [2.24, 2.45) is 22.6 Å². The summed E-state index contributed by atoms with van der Waals surface area (Å²) < 4.78 is 0. The number of nitriles is 1. The zero-order valence-corrected chi connectivity index (χ0v) is 9.87. The van der Waals surface area contributed by atoms with Crippen LogP contribution in [0.5, 0.6) is 0 Å². The molecule has 1 rings (SSSR count). The number of hydrogen-bond acceptors (Lipinski definition) is 3. The highest BCUT2D eigenvalue weighted by Gasteiger charge is 2.19. The first-order chi connectivity index (χ1) is 7.80. The van der Waals surface area contributed by atoms with Gasteiger partial charge in [-0.3, -0.25) is 10.3 Å². The van der Waals surface area contributed by atoms with Gasteiger partial charge in [0.2, 0.25) is 5.96 Å². The zero-order chi connectivity index (χ0) is 11.8. The predicted octanol–water partition coefficient (Wildman–Crippen LogP) is 0.398. The molecule has 1 aliphatic carbocycles. The molecule has 0 spiro atoms. The van der Waals surface area contributed by atoms with E-state index in [1.807, 2.05) is 6.19 Å². The lowest BCUT2D eigenvalue weighted by Crippen LogP contribution is -2.38. The number of hydrogen-bond donors (Lipinski definition) is 3. The lowest BCUT2D eigenvalue weighted by atomic mass is 9.82. The molecule has 0 unspecified atom stereocenters.